The van der Waals surface area contributed by atoms with Crippen LogP contribution in [0.1, 0.15) is 32.8 Å². The first-order valence-corrected chi connectivity index (χ1v) is 12.0. The lowest BCUT2D eigenvalue weighted by Gasteiger charge is -2.35. The molecule has 3 aromatic rings. The number of rotatable bonds is 6. The third-order valence-corrected chi connectivity index (χ3v) is 6.83. The van der Waals surface area contributed by atoms with E-state index < -0.39 is 35.3 Å². The summed E-state index contributed by atoms with van der Waals surface area (Å²) in [4.78, 5) is 31.3. The van der Waals surface area contributed by atoms with E-state index in [1.54, 1.807) is 0 Å². The maximum atomic E-state index is 13.6. The van der Waals surface area contributed by atoms with E-state index in [-0.39, 0.29) is 18.1 Å². The second-order valence-corrected chi connectivity index (χ2v) is 10.6. The smallest absolute Gasteiger partial charge is 0.416 e. The zero-order chi connectivity index (χ0) is 25.4. The standard InChI is InChI=1S/C25H26F3N3O3S/c1-24(2,3)21(29-16-8-6-7-15(11-16)25(26,27)28)22(33)31-13-18(12-17(31)14-32)34-23-30-19-9-4-5-10-20(19)35-23/h4-11,14,17-18,21,29H,12-13H2,1-3H3/t17-,18+,21?/m0/s1. The molecule has 10 heteroatoms. The number of benzene rings is 2. The van der Waals surface area contributed by atoms with Crippen LogP contribution in [0.5, 0.6) is 5.19 Å². The largest absolute Gasteiger partial charge is 0.465 e. The molecule has 1 aliphatic rings. The highest BCUT2D eigenvalue weighted by Crippen LogP contribution is 2.34. The average molecular weight is 506 g/mol. The molecule has 1 aromatic heterocycles. The molecule has 4 rings (SSSR count). The molecular formula is C25H26F3N3O3S. The van der Waals surface area contributed by atoms with E-state index in [0.29, 0.717) is 17.9 Å². The van der Waals surface area contributed by atoms with Gasteiger partial charge in [-0.3, -0.25) is 4.79 Å². The van der Waals surface area contributed by atoms with Crippen molar-refractivity contribution in [2.75, 3.05) is 11.9 Å². The van der Waals surface area contributed by atoms with Gasteiger partial charge in [-0.25, -0.2) is 4.98 Å². The van der Waals surface area contributed by atoms with Crippen molar-refractivity contribution >= 4 is 39.4 Å². The van der Waals surface area contributed by atoms with E-state index in [1.807, 2.05) is 45.0 Å². The molecule has 0 spiro atoms. The van der Waals surface area contributed by atoms with E-state index in [2.05, 4.69) is 10.3 Å². The highest BCUT2D eigenvalue weighted by Gasteiger charge is 2.43. The summed E-state index contributed by atoms with van der Waals surface area (Å²) in [6, 6.07) is 10.8. The monoisotopic (exact) mass is 505 g/mol. The van der Waals surface area contributed by atoms with Gasteiger partial charge in [0.05, 0.1) is 28.4 Å². The van der Waals surface area contributed by atoms with Gasteiger partial charge in [0.2, 0.25) is 5.91 Å². The number of carbonyl (C=O) groups is 2. The Balaban J connectivity index is 1.52. The summed E-state index contributed by atoms with van der Waals surface area (Å²) >= 11 is 1.39. The predicted molar refractivity (Wildman–Crippen MR) is 129 cm³/mol. The molecule has 0 bridgehead atoms. The highest BCUT2D eigenvalue weighted by molar-refractivity contribution is 7.20. The van der Waals surface area contributed by atoms with Crippen molar-refractivity contribution in [1.29, 1.82) is 0 Å². The van der Waals surface area contributed by atoms with E-state index in [4.69, 9.17) is 4.74 Å². The Morgan fingerprint density at radius 1 is 1.20 bits per heavy atom. The van der Waals surface area contributed by atoms with Crippen molar-refractivity contribution in [3.8, 4) is 5.19 Å². The number of amides is 1. The number of anilines is 1. The van der Waals surface area contributed by atoms with Gasteiger partial charge in [-0.15, -0.1) is 0 Å². The average Bonchev–Trinajstić information content (AvgIpc) is 3.39. The van der Waals surface area contributed by atoms with Crippen LogP contribution in [0.25, 0.3) is 10.2 Å². The maximum absolute atomic E-state index is 13.6. The quantitative estimate of drug-likeness (QED) is 0.455. The number of alkyl halides is 3. The molecule has 1 saturated heterocycles. The molecule has 0 radical (unpaired) electrons. The Labute approximate surface area is 205 Å². The van der Waals surface area contributed by atoms with Crippen LogP contribution in [0.2, 0.25) is 0 Å². The summed E-state index contributed by atoms with van der Waals surface area (Å²) in [6.45, 7) is 5.63. The van der Waals surface area contributed by atoms with Crippen molar-refractivity contribution in [2.45, 2.75) is 51.6 Å². The number of thiazole rings is 1. The van der Waals surface area contributed by atoms with Gasteiger partial charge in [0.25, 0.3) is 5.19 Å². The topological polar surface area (TPSA) is 71.5 Å². The normalized spacial score (nSPS) is 19.5. The van der Waals surface area contributed by atoms with Crippen LogP contribution >= 0.6 is 11.3 Å². The van der Waals surface area contributed by atoms with E-state index in [9.17, 15) is 22.8 Å². The molecule has 3 atom stereocenters. The molecule has 35 heavy (non-hydrogen) atoms. The van der Waals surface area contributed by atoms with Gasteiger partial charge in [-0.1, -0.05) is 50.3 Å². The van der Waals surface area contributed by atoms with Gasteiger partial charge < -0.3 is 19.7 Å². The Hall–Kier alpha value is -3.14. The minimum Gasteiger partial charge on any atom is -0.465 e. The summed E-state index contributed by atoms with van der Waals surface area (Å²) in [5.74, 6) is -0.373. The Morgan fingerprint density at radius 3 is 2.60 bits per heavy atom. The Bertz CT molecular complexity index is 1190. The Kier molecular flexibility index (Phi) is 6.77. The molecule has 1 aliphatic heterocycles. The van der Waals surface area contributed by atoms with Crippen molar-refractivity contribution in [3.05, 3.63) is 54.1 Å². The highest BCUT2D eigenvalue weighted by atomic mass is 32.1. The van der Waals surface area contributed by atoms with Crippen LogP contribution in [-0.2, 0) is 15.8 Å². The van der Waals surface area contributed by atoms with Gasteiger partial charge in [0, 0.05) is 12.1 Å². The second kappa shape index (κ2) is 9.49. The molecule has 0 aliphatic carbocycles. The van der Waals surface area contributed by atoms with Crippen LogP contribution in [0, 0.1) is 5.41 Å². The second-order valence-electron chi connectivity index (χ2n) is 9.64. The van der Waals surface area contributed by atoms with Crippen molar-refractivity contribution in [3.63, 3.8) is 0 Å². The number of halogens is 3. The van der Waals surface area contributed by atoms with Crippen LogP contribution in [0.4, 0.5) is 18.9 Å². The number of aromatic nitrogens is 1. The molecule has 6 nitrogen and oxygen atoms in total. The van der Waals surface area contributed by atoms with E-state index >= 15 is 0 Å². The number of carbonyl (C=O) groups excluding carboxylic acids is 2. The number of para-hydroxylation sites is 1. The lowest BCUT2D eigenvalue weighted by Crippen LogP contribution is -2.51. The predicted octanol–water partition coefficient (Wildman–Crippen LogP) is 5.39. The summed E-state index contributed by atoms with van der Waals surface area (Å²) in [5, 5.41) is 3.44. The molecule has 1 fully saturated rings. The fraction of sp³-hybridized carbons (Fsp3) is 0.400. The van der Waals surface area contributed by atoms with Crippen LogP contribution in [-0.4, -0.2) is 46.8 Å². The number of nitrogens with zero attached hydrogens (tertiary/aromatic N) is 2. The molecule has 186 valence electrons. The fourth-order valence-electron chi connectivity index (χ4n) is 4.10. The van der Waals surface area contributed by atoms with E-state index in [1.165, 1.54) is 28.4 Å². The minimum absolute atomic E-state index is 0.176. The summed E-state index contributed by atoms with van der Waals surface area (Å²) in [5.41, 5.74) is -0.468. The number of hydrogen-bond acceptors (Lipinski definition) is 6. The van der Waals surface area contributed by atoms with Gasteiger partial charge in [-0.2, -0.15) is 13.2 Å². The first-order valence-electron chi connectivity index (χ1n) is 11.2. The SMILES string of the molecule is CC(C)(C)C(Nc1cccc(C(F)(F)F)c1)C(=O)N1C[C@H](Oc2nc3ccccc3s2)C[C@H]1C=O. The van der Waals surface area contributed by atoms with Crippen molar-refractivity contribution < 1.29 is 27.5 Å². The number of likely N-dealkylation sites (tertiary alicyclic amines) is 1. The summed E-state index contributed by atoms with van der Waals surface area (Å²) < 4.78 is 46.5. The lowest BCUT2D eigenvalue weighted by atomic mass is 9.85. The molecule has 0 saturated carbocycles. The zero-order valence-corrected chi connectivity index (χ0v) is 20.3. The van der Waals surface area contributed by atoms with Crippen LogP contribution < -0.4 is 10.1 Å². The van der Waals surface area contributed by atoms with Gasteiger partial charge in [0.15, 0.2) is 0 Å². The zero-order valence-electron chi connectivity index (χ0n) is 19.5. The van der Waals surface area contributed by atoms with Gasteiger partial charge in [0.1, 0.15) is 18.4 Å². The molecular weight excluding hydrogens is 479 g/mol. The van der Waals surface area contributed by atoms with Crippen LogP contribution in [0.15, 0.2) is 48.5 Å². The summed E-state index contributed by atoms with van der Waals surface area (Å²) in [7, 11) is 0. The summed E-state index contributed by atoms with van der Waals surface area (Å²) in [6.07, 6.45) is -3.90. The molecule has 1 N–H and O–H groups in total. The third kappa shape index (κ3) is 5.58. The first-order chi connectivity index (χ1) is 16.5. The number of aldehydes is 1. The fourth-order valence-corrected chi connectivity index (χ4v) is 4.99. The Morgan fingerprint density at radius 2 is 1.94 bits per heavy atom. The molecule has 2 aromatic carbocycles. The number of hydrogen-bond donors (Lipinski definition) is 1. The van der Waals surface area contributed by atoms with Gasteiger partial charge in [-0.05, 0) is 35.7 Å². The first kappa shape index (κ1) is 25.0. The van der Waals surface area contributed by atoms with Crippen LogP contribution in [0.3, 0.4) is 0 Å². The van der Waals surface area contributed by atoms with Gasteiger partial charge >= 0.3 is 6.18 Å². The maximum Gasteiger partial charge on any atom is 0.416 e. The van der Waals surface area contributed by atoms with Crippen molar-refractivity contribution in [2.24, 2.45) is 5.41 Å². The van der Waals surface area contributed by atoms with Crippen molar-refractivity contribution in [1.82, 2.24) is 9.88 Å². The third-order valence-electron chi connectivity index (χ3n) is 5.90. The van der Waals surface area contributed by atoms with E-state index in [0.717, 1.165) is 22.3 Å². The molecule has 1 unspecified atom stereocenters. The molecule has 2 heterocycles. The molecule has 1 amide bonds. The number of fused-ring (bicyclic) bond motifs is 1. The minimum atomic E-state index is -4.50. The lowest BCUT2D eigenvalue weighted by molar-refractivity contribution is -0.137. The number of ether oxygens (including phenoxy) is 1. The number of nitrogens with one attached hydrogen (secondary N) is 1.